The topological polar surface area (TPSA) is 42.0 Å². The molecule has 1 amide bonds. The first-order valence-electron chi connectivity index (χ1n) is 6.62. The second kappa shape index (κ2) is 7.11. The number of hydrogen-bond acceptors (Lipinski definition) is 4. The molecule has 2 unspecified atom stereocenters. The predicted molar refractivity (Wildman–Crippen MR) is 72.5 cm³/mol. The molecule has 1 aliphatic heterocycles. The van der Waals surface area contributed by atoms with Gasteiger partial charge in [0.15, 0.2) is 0 Å². The summed E-state index contributed by atoms with van der Waals surface area (Å²) in [6.45, 7) is 2.83. The van der Waals surface area contributed by atoms with Gasteiger partial charge in [-0.2, -0.15) is 0 Å². The summed E-state index contributed by atoms with van der Waals surface area (Å²) < 4.78 is 11.6. The molecule has 0 saturated carbocycles. The summed E-state index contributed by atoms with van der Waals surface area (Å²) in [6, 6.07) is 0. The maximum absolute atomic E-state index is 12.1. The third kappa shape index (κ3) is 4.26. The van der Waals surface area contributed by atoms with Gasteiger partial charge in [-0.3, -0.25) is 4.79 Å². The average Bonchev–Trinajstić information content (AvgIpc) is 2.67. The fourth-order valence-electron chi connectivity index (χ4n) is 2.03. The molecular weight excluding hydrogens is 231 g/mol. The Morgan fingerprint density at radius 3 is 2.39 bits per heavy atom. The van der Waals surface area contributed by atoms with Crippen LogP contribution in [0.15, 0.2) is 0 Å². The second-order valence-electron chi connectivity index (χ2n) is 5.30. The van der Waals surface area contributed by atoms with Crippen molar-refractivity contribution < 1.29 is 14.1 Å². The molecule has 5 nitrogen and oxygen atoms in total. The average molecular weight is 256 g/mol. The van der Waals surface area contributed by atoms with Gasteiger partial charge in [-0.25, -0.2) is 0 Å². The van der Waals surface area contributed by atoms with E-state index in [0.29, 0.717) is 6.54 Å². The number of nitrogens with zero attached hydrogens (tertiary/aromatic N) is 2. The highest BCUT2D eigenvalue weighted by atomic mass is 16.7. The van der Waals surface area contributed by atoms with E-state index in [1.54, 1.807) is 19.0 Å². The van der Waals surface area contributed by atoms with Crippen LogP contribution < -0.4 is 0 Å². The summed E-state index contributed by atoms with van der Waals surface area (Å²) in [7, 11) is 7.21. The quantitative estimate of drug-likeness (QED) is 0.656. The lowest BCUT2D eigenvalue weighted by Gasteiger charge is -2.23. The monoisotopic (exact) mass is 256 g/mol. The number of likely N-dealkylation sites (N-methyl/N-ethyl adjacent to an activating group) is 2. The summed E-state index contributed by atoms with van der Waals surface area (Å²) >= 11 is 0. The molecule has 0 N–H and O–H groups in total. The zero-order valence-electron chi connectivity index (χ0n) is 12.2. The fraction of sp³-hybridized carbons (Fsp3) is 0.917. The van der Waals surface area contributed by atoms with Gasteiger partial charge in [0.2, 0.25) is 0 Å². The van der Waals surface area contributed by atoms with Gasteiger partial charge in [-0.15, -0.1) is 0 Å². The van der Waals surface area contributed by atoms with Gasteiger partial charge in [0, 0.05) is 20.6 Å². The van der Waals surface area contributed by atoms with Gasteiger partial charge in [0.25, 0.3) is 5.91 Å². The van der Waals surface area contributed by atoms with Crippen molar-refractivity contribution in [2.45, 2.75) is 38.3 Å². The molecule has 0 spiro atoms. The van der Waals surface area contributed by atoms with E-state index >= 15 is 0 Å². The van der Waals surface area contributed by atoms with Crippen LogP contribution in [0.3, 0.4) is 0 Å². The Hall–Kier alpha value is -0.585. The summed E-state index contributed by atoms with van der Waals surface area (Å²) in [5.74, 6) is -0.0131. The van der Waals surface area contributed by atoms with Crippen molar-refractivity contribution in [1.82, 2.24) is 9.80 Å². The lowest BCUT2D eigenvalue weighted by molar-refractivity contribution is -0.137. The van der Waals surface area contributed by atoms with Gasteiger partial charge in [-0.1, -0.05) is 19.8 Å². The van der Waals surface area contributed by atoms with Crippen LogP contribution >= 0.6 is 0 Å². The molecule has 2 atom stereocenters. The molecular formula is C12H25BN2O3. The van der Waals surface area contributed by atoms with Crippen molar-refractivity contribution in [3.8, 4) is 0 Å². The summed E-state index contributed by atoms with van der Waals surface area (Å²) in [5.41, 5.74) is 0. The zero-order valence-corrected chi connectivity index (χ0v) is 12.2. The lowest BCUT2D eigenvalue weighted by Crippen LogP contribution is -2.43. The molecule has 1 saturated heterocycles. The van der Waals surface area contributed by atoms with Crippen LogP contribution in [0.4, 0.5) is 0 Å². The molecule has 6 heteroatoms. The molecule has 0 aromatic carbocycles. The molecule has 1 fully saturated rings. The largest absolute Gasteiger partial charge is 0.457 e. The smallest absolute Gasteiger partial charge is 0.404 e. The fourth-order valence-corrected chi connectivity index (χ4v) is 2.03. The Morgan fingerprint density at radius 2 is 1.89 bits per heavy atom. The van der Waals surface area contributed by atoms with Crippen LogP contribution in [0, 0.1) is 0 Å². The van der Waals surface area contributed by atoms with E-state index in [4.69, 9.17) is 9.31 Å². The summed E-state index contributed by atoms with van der Waals surface area (Å²) in [4.78, 5) is 15.6. The first-order valence-corrected chi connectivity index (χ1v) is 6.62. The van der Waals surface area contributed by atoms with Gasteiger partial charge in [0.05, 0.1) is 6.10 Å². The van der Waals surface area contributed by atoms with Gasteiger partial charge < -0.3 is 19.1 Å². The highest BCUT2D eigenvalue weighted by Crippen LogP contribution is 2.22. The standard InChI is InChI=1S/C12H25BN2O3/c1-6-7-8-13-17-10(9-14(2)3)11(18-13)12(16)15(4)5/h10-11H,6-9H2,1-5H3. The second-order valence-corrected chi connectivity index (χ2v) is 5.30. The van der Waals surface area contributed by atoms with Gasteiger partial charge >= 0.3 is 7.12 Å². The van der Waals surface area contributed by atoms with Gasteiger partial charge in [0.1, 0.15) is 6.10 Å². The Bertz CT molecular complexity index is 274. The van der Waals surface area contributed by atoms with Crippen molar-refractivity contribution in [3.63, 3.8) is 0 Å². The Labute approximate surface area is 111 Å². The highest BCUT2D eigenvalue weighted by Gasteiger charge is 2.43. The minimum atomic E-state index is -0.468. The van der Waals surface area contributed by atoms with E-state index in [9.17, 15) is 4.79 Å². The number of unbranched alkanes of at least 4 members (excludes halogenated alkanes) is 1. The molecule has 1 rings (SSSR count). The predicted octanol–water partition coefficient (Wildman–Crippen LogP) is 0.709. The van der Waals surface area contributed by atoms with E-state index < -0.39 is 6.10 Å². The molecule has 0 aliphatic carbocycles. The van der Waals surface area contributed by atoms with Crippen molar-refractivity contribution in [3.05, 3.63) is 0 Å². The van der Waals surface area contributed by atoms with Crippen molar-refractivity contribution in [1.29, 1.82) is 0 Å². The molecule has 1 heterocycles. The molecule has 104 valence electrons. The first-order chi connectivity index (χ1) is 8.45. The normalized spacial score (nSPS) is 23.8. The maximum Gasteiger partial charge on any atom is 0.457 e. The number of hydrogen-bond donors (Lipinski definition) is 0. The SMILES string of the molecule is CCCCB1OC(CN(C)C)C(C(=O)N(C)C)O1. The van der Waals surface area contributed by atoms with Crippen LogP contribution in [0.25, 0.3) is 0 Å². The highest BCUT2D eigenvalue weighted by molar-refractivity contribution is 6.45. The minimum absolute atomic E-state index is 0.0131. The molecule has 18 heavy (non-hydrogen) atoms. The van der Waals surface area contributed by atoms with Gasteiger partial charge in [-0.05, 0) is 20.4 Å². The number of carbonyl (C=O) groups is 1. The third-order valence-corrected chi connectivity index (χ3v) is 2.99. The van der Waals surface area contributed by atoms with Crippen LogP contribution in [0.5, 0.6) is 0 Å². The molecule has 0 radical (unpaired) electrons. The van der Waals surface area contributed by atoms with E-state index in [-0.39, 0.29) is 19.1 Å². The van der Waals surface area contributed by atoms with E-state index in [1.165, 1.54) is 0 Å². The zero-order chi connectivity index (χ0) is 13.7. The number of amides is 1. The Kier molecular flexibility index (Phi) is 6.12. The Balaban J connectivity index is 2.62. The van der Waals surface area contributed by atoms with Crippen LogP contribution in [-0.2, 0) is 14.1 Å². The Morgan fingerprint density at radius 1 is 1.22 bits per heavy atom. The van der Waals surface area contributed by atoms with E-state index in [2.05, 4.69) is 6.92 Å². The third-order valence-electron chi connectivity index (χ3n) is 2.99. The first kappa shape index (κ1) is 15.5. The summed E-state index contributed by atoms with van der Waals surface area (Å²) in [5, 5.41) is 0. The van der Waals surface area contributed by atoms with Crippen LogP contribution in [0.2, 0.25) is 6.32 Å². The number of rotatable bonds is 6. The van der Waals surface area contributed by atoms with Crippen molar-refractivity contribution in [2.75, 3.05) is 34.7 Å². The molecule has 0 bridgehead atoms. The van der Waals surface area contributed by atoms with Crippen molar-refractivity contribution in [2.24, 2.45) is 0 Å². The van der Waals surface area contributed by atoms with Crippen LogP contribution in [-0.4, -0.2) is 69.8 Å². The maximum atomic E-state index is 12.1. The summed E-state index contributed by atoms with van der Waals surface area (Å²) in [6.07, 6.45) is 2.38. The van der Waals surface area contributed by atoms with E-state index in [0.717, 1.165) is 19.2 Å². The van der Waals surface area contributed by atoms with Crippen LogP contribution in [0.1, 0.15) is 19.8 Å². The minimum Gasteiger partial charge on any atom is -0.404 e. The molecule has 0 aromatic heterocycles. The number of carbonyl (C=O) groups excluding carboxylic acids is 1. The molecule has 0 aromatic rings. The lowest BCUT2D eigenvalue weighted by atomic mass is 9.83. The van der Waals surface area contributed by atoms with Crippen molar-refractivity contribution >= 4 is 13.0 Å². The molecule has 1 aliphatic rings. The van der Waals surface area contributed by atoms with E-state index in [1.807, 2.05) is 19.0 Å².